The number of carbonyl (C=O) groups excluding carboxylic acids is 1. The molecular weight excluding hydrogens is 200 g/mol. The number of rotatable bonds is 9. The number of ether oxygens (including phenoxy) is 2. The van der Waals surface area contributed by atoms with Gasteiger partial charge in [0.25, 0.3) is 0 Å². The van der Waals surface area contributed by atoms with Crippen LogP contribution in [-0.2, 0) is 14.3 Å². The molecule has 6 nitrogen and oxygen atoms in total. The molecule has 0 heterocycles. The van der Waals surface area contributed by atoms with Crippen molar-refractivity contribution in [1.82, 2.24) is 10.4 Å². The second kappa shape index (κ2) is 9.85. The lowest BCUT2D eigenvalue weighted by molar-refractivity contribution is -0.119. The Bertz CT molecular complexity index is 164. The van der Waals surface area contributed by atoms with Crippen LogP contribution >= 0.6 is 0 Å². The van der Waals surface area contributed by atoms with Gasteiger partial charge >= 0.3 is 0 Å². The van der Waals surface area contributed by atoms with Crippen molar-refractivity contribution in [3.8, 4) is 0 Å². The molecule has 6 heteroatoms. The molecule has 0 unspecified atom stereocenters. The minimum Gasteiger partial charge on any atom is -0.378 e. The first-order chi connectivity index (χ1) is 7.13. The molecule has 0 aromatic rings. The summed E-state index contributed by atoms with van der Waals surface area (Å²) in [4.78, 5) is 10.5. The highest BCUT2D eigenvalue weighted by molar-refractivity contribution is 5.72. The maximum absolute atomic E-state index is 10.5. The highest BCUT2D eigenvalue weighted by Gasteiger charge is 1.93. The largest absolute Gasteiger partial charge is 0.378 e. The number of amides is 1. The van der Waals surface area contributed by atoms with E-state index in [1.807, 2.05) is 0 Å². The monoisotopic (exact) mass is 220 g/mol. The predicted octanol–water partition coefficient (Wildman–Crippen LogP) is -0.523. The van der Waals surface area contributed by atoms with E-state index in [1.54, 1.807) is 7.05 Å². The molecule has 0 bridgehead atoms. The van der Waals surface area contributed by atoms with Crippen molar-refractivity contribution in [1.29, 1.82) is 0 Å². The molecule has 0 saturated heterocycles. The van der Waals surface area contributed by atoms with Crippen molar-refractivity contribution in [3.63, 3.8) is 0 Å². The second-order valence-corrected chi connectivity index (χ2v) is 3.09. The normalized spacial score (nSPS) is 10.7. The first kappa shape index (κ1) is 14.3. The molecule has 0 atom stereocenters. The van der Waals surface area contributed by atoms with Crippen LogP contribution in [0.4, 0.5) is 0 Å². The number of hydrogen-bond acceptors (Lipinski definition) is 5. The minimum atomic E-state index is -0.0548. The zero-order chi connectivity index (χ0) is 11.5. The molecule has 15 heavy (non-hydrogen) atoms. The van der Waals surface area contributed by atoms with Gasteiger partial charge in [-0.25, -0.2) is 0 Å². The molecule has 0 aliphatic carbocycles. The van der Waals surface area contributed by atoms with Crippen LogP contribution in [0, 0.1) is 0 Å². The average molecular weight is 220 g/mol. The van der Waals surface area contributed by atoms with Gasteiger partial charge in [-0.15, -0.1) is 0 Å². The lowest BCUT2D eigenvalue weighted by atomic mass is 10.6. The summed E-state index contributed by atoms with van der Waals surface area (Å²) in [5, 5.41) is 12.4. The van der Waals surface area contributed by atoms with Crippen LogP contribution in [0.5, 0.6) is 0 Å². The van der Waals surface area contributed by atoms with Crippen LogP contribution in [0.15, 0.2) is 0 Å². The van der Waals surface area contributed by atoms with Gasteiger partial charge in [0, 0.05) is 27.1 Å². The molecular formula is C9H20N2O4. The van der Waals surface area contributed by atoms with Crippen molar-refractivity contribution in [3.05, 3.63) is 0 Å². The molecule has 0 rings (SSSR count). The lowest BCUT2D eigenvalue weighted by Crippen LogP contribution is -2.25. The van der Waals surface area contributed by atoms with Crippen molar-refractivity contribution in [2.75, 3.05) is 46.6 Å². The van der Waals surface area contributed by atoms with E-state index in [9.17, 15) is 4.79 Å². The van der Waals surface area contributed by atoms with E-state index in [2.05, 4.69) is 5.32 Å². The Kier molecular flexibility index (Phi) is 9.40. The number of likely N-dealkylation sites (N-methyl/N-ethyl adjacent to an activating group) is 1. The fourth-order valence-corrected chi connectivity index (χ4v) is 0.818. The van der Waals surface area contributed by atoms with Crippen LogP contribution in [-0.4, -0.2) is 62.7 Å². The third-order valence-electron chi connectivity index (χ3n) is 1.55. The summed E-state index contributed by atoms with van der Waals surface area (Å²) < 4.78 is 10.3. The highest BCUT2D eigenvalue weighted by atomic mass is 16.5. The number of hydrogen-bond donors (Lipinski definition) is 2. The van der Waals surface area contributed by atoms with Gasteiger partial charge in [-0.05, 0) is 0 Å². The van der Waals surface area contributed by atoms with E-state index in [1.165, 1.54) is 6.92 Å². The molecule has 0 saturated carbocycles. The number of hydroxylamine groups is 2. The molecule has 0 aromatic heterocycles. The molecule has 0 spiro atoms. The maximum Gasteiger partial charge on any atom is 0.216 e. The van der Waals surface area contributed by atoms with Gasteiger partial charge in [0.05, 0.1) is 26.4 Å². The summed E-state index contributed by atoms with van der Waals surface area (Å²) in [6.45, 7) is 4.42. The Labute approximate surface area is 90.1 Å². The van der Waals surface area contributed by atoms with Crippen molar-refractivity contribution in [2.45, 2.75) is 6.92 Å². The van der Waals surface area contributed by atoms with Crippen LogP contribution in [0.25, 0.3) is 0 Å². The molecule has 0 aliphatic heterocycles. The summed E-state index contributed by atoms with van der Waals surface area (Å²) in [5.41, 5.74) is 0. The SMILES string of the molecule is CC(=O)NCCOCCOCCN(C)O. The van der Waals surface area contributed by atoms with Crippen LogP contribution in [0.1, 0.15) is 6.92 Å². The van der Waals surface area contributed by atoms with Gasteiger partial charge in [0.15, 0.2) is 0 Å². The van der Waals surface area contributed by atoms with E-state index in [-0.39, 0.29) is 5.91 Å². The van der Waals surface area contributed by atoms with Crippen LogP contribution in [0.2, 0.25) is 0 Å². The van der Waals surface area contributed by atoms with E-state index in [0.29, 0.717) is 39.5 Å². The van der Waals surface area contributed by atoms with Gasteiger partial charge in [-0.1, -0.05) is 0 Å². The average Bonchev–Trinajstić information content (AvgIpc) is 2.14. The Morgan fingerprint density at radius 1 is 1.27 bits per heavy atom. The summed E-state index contributed by atoms with van der Waals surface area (Å²) in [5.74, 6) is -0.0548. The minimum absolute atomic E-state index is 0.0548. The molecule has 0 aromatic carbocycles. The van der Waals surface area contributed by atoms with Gasteiger partial charge in [-0.2, -0.15) is 5.06 Å². The fraction of sp³-hybridized carbons (Fsp3) is 0.889. The first-order valence-electron chi connectivity index (χ1n) is 4.93. The van der Waals surface area contributed by atoms with Gasteiger partial charge < -0.3 is 20.0 Å². The van der Waals surface area contributed by atoms with Crippen LogP contribution < -0.4 is 5.32 Å². The summed E-state index contributed by atoms with van der Waals surface area (Å²) >= 11 is 0. The second-order valence-electron chi connectivity index (χ2n) is 3.09. The summed E-state index contributed by atoms with van der Waals surface area (Å²) in [6, 6.07) is 0. The Balaban J connectivity index is 2.96. The molecule has 0 fully saturated rings. The Hall–Kier alpha value is -0.690. The van der Waals surface area contributed by atoms with Crippen LogP contribution in [0.3, 0.4) is 0 Å². The molecule has 0 radical (unpaired) electrons. The molecule has 1 amide bonds. The van der Waals surface area contributed by atoms with E-state index >= 15 is 0 Å². The Morgan fingerprint density at radius 2 is 1.87 bits per heavy atom. The zero-order valence-corrected chi connectivity index (χ0v) is 9.36. The van der Waals surface area contributed by atoms with E-state index in [0.717, 1.165) is 5.06 Å². The molecule has 2 N–H and O–H groups in total. The standard InChI is InChI=1S/C9H20N2O4/c1-9(12)10-3-5-14-7-8-15-6-4-11(2)13/h13H,3-8H2,1-2H3,(H,10,12). The first-order valence-corrected chi connectivity index (χ1v) is 4.93. The fourth-order valence-electron chi connectivity index (χ4n) is 0.818. The summed E-state index contributed by atoms with van der Waals surface area (Å²) in [6.07, 6.45) is 0. The molecule has 0 aliphatic rings. The third kappa shape index (κ3) is 13.3. The number of nitrogens with one attached hydrogen (secondary N) is 1. The summed E-state index contributed by atoms with van der Waals surface area (Å²) in [7, 11) is 1.56. The van der Waals surface area contributed by atoms with E-state index < -0.39 is 0 Å². The van der Waals surface area contributed by atoms with Gasteiger partial charge in [0.2, 0.25) is 5.91 Å². The predicted molar refractivity (Wildman–Crippen MR) is 54.7 cm³/mol. The zero-order valence-electron chi connectivity index (χ0n) is 9.36. The smallest absolute Gasteiger partial charge is 0.216 e. The van der Waals surface area contributed by atoms with Crippen molar-refractivity contribution < 1.29 is 19.5 Å². The maximum atomic E-state index is 10.5. The highest BCUT2D eigenvalue weighted by Crippen LogP contribution is 1.80. The van der Waals surface area contributed by atoms with E-state index in [4.69, 9.17) is 14.7 Å². The molecule has 90 valence electrons. The Morgan fingerprint density at radius 3 is 2.40 bits per heavy atom. The topological polar surface area (TPSA) is 71.0 Å². The third-order valence-corrected chi connectivity index (χ3v) is 1.55. The van der Waals surface area contributed by atoms with Crippen molar-refractivity contribution >= 4 is 5.91 Å². The number of carbonyl (C=O) groups is 1. The number of nitrogens with zero attached hydrogens (tertiary/aromatic N) is 1. The quantitative estimate of drug-likeness (QED) is 0.404. The van der Waals surface area contributed by atoms with Gasteiger partial charge in [0.1, 0.15) is 0 Å². The van der Waals surface area contributed by atoms with Crippen molar-refractivity contribution in [2.24, 2.45) is 0 Å². The van der Waals surface area contributed by atoms with Gasteiger partial charge in [-0.3, -0.25) is 4.79 Å². The lowest BCUT2D eigenvalue weighted by Gasteiger charge is -2.08.